The Bertz CT molecular complexity index is 688. The average molecular weight is 392 g/mol. The van der Waals surface area contributed by atoms with Crippen LogP contribution < -0.4 is 15.4 Å². The van der Waals surface area contributed by atoms with Gasteiger partial charge in [0.2, 0.25) is 5.91 Å². The number of nitrogens with zero attached hydrogens (tertiary/aromatic N) is 1. The number of carbonyl (C=O) groups is 3. The Balaban J connectivity index is 1.91. The summed E-state index contributed by atoms with van der Waals surface area (Å²) in [5, 5.41) is 5.00. The second-order valence-corrected chi connectivity index (χ2v) is 8.88. The summed E-state index contributed by atoms with van der Waals surface area (Å²) < 4.78 is 37.7. The number of alkyl carbamates (subject to hydrolysis) is 1. The Morgan fingerprint density at radius 2 is 2.00 bits per heavy atom. The van der Waals surface area contributed by atoms with Gasteiger partial charge in [-0.15, -0.1) is 0 Å². The molecule has 0 radical (unpaired) electrons. The van der Waals surface area contributed by atoms with Crippen molar-refractivity contribution in [2.45, 2.75) is 51.4 Å². The maximum absolute atomic E-state index is 12.1. The fraction of sp³-hybridized carbons (Fsp3) is 0.786. The Morgan fingerprint density at radius 1 is 1.35 bits per heavy atom. The minimum Gasteiger partial charge on any atom is -0.464 e. The highest BCUT2D eigenvalue weighted by molar-refractivity contribution is 7.87. The van der Waals surface area contributed by atoms with Gasteiger partial charge in [-0.05, 0) is 20.8 Å². The van der Waals surface area contributed by atoms with Gasteiger partial charge in [-0.2, -0.15) is 17.4 Å². The predicted octanol–water partition coefficient (Wildman–Crippen LogP) is -1.54. The smallest absolute Gasteiger partial charge is 0.408 e. The number of hydrogen-bond acceptors (Lipinski definition) is 7. The first-order chi connectivity index (χ1) is 11.9. The van der Waals surface area contributed by atoms with E-state index in [0.717, 1.165) is 4.31 Å². The molecule has 2 fully saturated rings. The van der Waals surface area contributed by atoms with E-state index >= 15 is 0 Å². The Morgan fingerprint density at radius 3 is 2.54 bits per heavy atom. The normalized spacial score (nSPS) is 28.0. The van der Waals surface area contributed by atoms with E-state index in [9.17, 15) is 22.8 Å². The molecule has 0 saturated carbocycles. The number of nitrogens with one attached hydrogen (secondary N) is 3. The summed E-state index contributed by atoms with van der Waals surface area (Å²) >= 11 is 0. The van der Waals surface area contributed by atoms with E-state index in [2.05, 4.69) is 15.4 Å². The van der Waals surface area contributed by atoms with Gasteiger partial charge < -0.3 is 20.1 Å². The van der Waals surface area contributed by atoms with Crippen LogP contribution in [0.1, 0.15) is 27.7 Å². The number of rotatable bonds is 5. The highest BCUT2D eigenvalue weighted by atomic mass is 32.2. The third-order valence-corrected chi connectivity index (χ3v) is 5.26. The van der Waals surface area contributed by atoms with Crippen molar-refractivity contribution in [3.05, 3.63) is 0 Å². The van der Waals surface area contributed by atoms with Gasteiger partial charge in [-0.1, -0.05) is 0 Å². The van der Waals surface area contributed by atoms with Crippen molar-refractivity contribution < 1.29 is 32.3 Å². The van der Waals surface area contributed by atoms with Crippen LogP contribution in [-0.2, 0) is 29.3 Å². The quantitative estimate of drug-likeness (QED) is 0.380. The molecule has 0 spiro atoms. The molecule has 0 aromatic carbocycles. The van der Waals surface area contributed by atoms with Crippen molar-refractivity contribution in [2.75, 3.05) is 19.7 Å². The van der Waals surface area contributed by atoms with Gasteiger partial charge in [-0.25, -0.2) is 4.79 Å². The van der Waals surface area contributed by atoms with Gasteiger partial charge >= 0.3 is 12.1 Å². The second-order valence-electron chi connectivity index (χ2n) is 7.18. The van der Waals surface area contributed by atoms with E-state index in [-0.39, 0.29) is 19.7 Å². The van der Waals surface area contributed by atoms with Gasteiger partial charge in [0.25, 0.3) is 10.2 Å². The Kier molecular flexibility index (Phi) is 5.78. The van der Waals surface area contributed by atoms with Gasteiger partial charge in [0, 0.05) is 20.0 Å². The van der Waals surface area contributed by atoms with Crippen LogP contribution in [0.4, 0.5) is 4.79 Å². The number of esters is 1. The maximum Gasteiger partial charge on any atom is 0.408 e. The molecule has 2 heterocycles. The van der Waals surface area contributed by atoms with Crippen LogP contribution in [0.5, 0.6) is 0 Å². The molecule has 3 atom stereocenters. The van der Waals surface area contributed by atoms with Crippen molar-refractivity contribution in [2.24, 2.45) is 0 Å². The van der Waals surface area contributed by atoms with Crippen molar-refractivity contribution in [1.82, 2.24) is 19.7 Å². The molecule has 0 bridgehead atoms. The minimum absolute atomic E-state index is 0.0297. The number of amides is 2. The van der Waals surface area contributed by atoms with E-state index in [1.54, 1.807) is 20.8 Å². The largest absolute Gasteiger partial charge is 0.464 e. The van der Waals surface area contributed by atoms with E-state index in [0.29, 0.717) is 0 Å². The SMILES string of the molecule is CC(=O)OC[C@@H]1CN(C[C@H]2NC(=O)[C@H]2NC(=O)OC(C)(C)C)S(=O)(=O)N1. The second kappa shape index (κ2) is 7.37. The topological polar surface area (TPSA) is 143 Å². The van der Waals surface area contributed by atoms with E-state index in [4.69, 9.17) is 9.47 Å². The third kappa shape index (κ3) is 5.29. The molecule has 2 aliphatic rings. The first kappa shape index (κ1) is 20.4. The Labute approximate surface area is 151 Å². The summed E-state index contributed by atoms with van der Waals surface area (Å²) in [6.45, 7) is 6.28. The molecule has 2 saturated heterocycles. The van der Waals surface area contributed by atoms with Crippen LogP contribution in [0.15, 0.2) is 0 Å². The van der Waals surface area contributed by atoms with Crippen LogP contribution >= 0.6 is 0 Å². The third-order valence-electron chi connectivity index (χ3n) is 3.65. The van der Waals surface area contributed by atoms with Crippen molar-refractivity contribution >= 4 is 28.2 Å². The number of hydrogen-bond donors (Lipinski definition) is 3. The predicted molar refractivity (Wildman–Crippen MR) is 89.1 cm³/mol. The zero-order valence-electron chi connectivity index (χ0n) is 15.1. The molecule has 0 aliphatic carbocycles. The summed E-state index contributed by atoms with van der Waals surface area (Å²) in [5.41, 5.74) is -0.716. The van der Waals surface area contributed by atoms with Crippen molar-refractivity contribution in [3.8, 4) is 0 Å². The summed E-state index contributed by atoms with van der Waals surface area (Å²) in [6.07, 6.45) is -0.752. The first-order valence-corrected chi connectivity index (χ1v) is 9.52. The number of carbonyl (C=O) groups excluding carboxylic acids is 3. The summed E-state index contributed by atoms with van der Waals surface area (Å²) in [4.78, 5) is 34.4. The lowest BCUT2D eigenvalue weighted by Gasteiger charge is -2.38. The van der Waals surface area contributed by atoms with Crippen LogP contribution in [0.25, 0.3) is 0 Å². The number of β-lactam (4-membered cyclic amide) rings is 1. The molecule has 11 nitrogen and oxygen atoms in total. The molecular formula is C14H24N4O7S. The monoisotopic (exact) mass is 392 g/mol. The van der Waals surface area contributed by atoms with Crippen LogP contribution in [0.2, 0.25) is 0 Å². The maximum atomic E-state index is 12.1. The molecule has 2 aliphatic heterocycles. The Hall–Kier alpha value is -1.92. The molecule has 3 N–H and O–H groups in total. The summed E-state index contributed by atoms with van der Waals surface area (Å²) in [7, 11) is -3.76. The van der Waals surface area contributed by atoms with Gasteiger partial charge in [0.1, 0.15) is 18.2 Å². The van der Waals surface area contributed by atoms with Crippen molar-refractivity contribution in [1.29, 1.82) is 0 Å². The molecule has 12 heteroatoms. The minimum atomic E-state index is -3.76. The average Bonchev–Trinajstić information content (AvgIpc) is 2.75. The van der Waals surface area contributed by atoms with Gasteiger partial charge in [0.05, 0.1) is 12.1 Å². The molecular weight excluding hydrogens is 368 g/mol. The van der Waals surface area contributed by atoms with E-state index < -0.39 is 51.9 Å². The molecule has 2 amide bonds. The summed E-state index contributed by atoms with van der Waals surface area (Å²) in [6, 6.07) is -2.04. The van der Waals surface area contributed by atoms with Crippen LogP contribution in [0.3, 0.4) is 0 Å². The molecule has 0 unspecified atom stereocenters. The number of ether oxygens (including phenoxy) is 2. The molecule has 26 heavy (non-hydrogen) atoms. The fourth-order valence-electron chi connectivity index (χ4n) is 2.56. The zero-order chi connectivity index (χ0) is 19.7. The lowest BCUT2D eigenvalue weighted by atomic mass is 9.99. The first-order valence-electron chi connectivity index (χ1n) is 8.08. The molecule has 0 aromatic rings. The van der Waals surface area contributed by atoms with Crippen molar-refractivity contribution in [3.63, 3.8) is 0 Å². The lowest BCUT2D eigenvalue weighted by Crippen LogP contribution is -2.72. The van der Waals surface area contributed by atoms with E-state index in [1.165, 1.54) is 6.92 Å². The summed E-state index contributed by atoms with van der Waals surface area (Å²) in [5.74, 6) is -0.919. The lowest BCUT2D eigenvalue weighted by molar-refractivity contribution is -0.141. The standard InChI is InChI=1S/C14H24N4O7S/c1-8(19)24-7-9-5-18(26(22,23)17-9)6-10-11(12(20)15-10)16-13(21)25-14(2,3)4/h9-11,17H,5-7H2,1-4H3,(H,15,20)(H,16,21)/t9-,10+,11-/m0/s1. The van der Waals surface area contributed by atoms with Gasteiger partial charge in [0.15, 0.2) is 0 Å². The fourth-order valence-corrected chi connectivity index (χ4v) is 4.00. The van der Waals surface area contributed by atoms with Gasteiger partial charge in [-0.3, -0.25) is 9.59 Å². The highest BCUT2D eigenvalue weighted by Gasteiger charge is 2.46. The highest BCUT2D eigenvalue weighted by Crippen LogP contribution is 2.16. The molecule has 0 aromatic heterocycles. The zero-order valence-corrected chi connectivity index (χ0v) is 15.9. The van der Waals surface area contributed by atoms with Crippen LogP contribution in [-0.4, -0.2) is 74.1 Å². The van der Waals surface area contributed by atoms with E-state index in [1.807, 2.05) is 0 Å². The molecule has 2 rings (SSSR count). The molecule has 148 valence electrons. The van der Waals surface area contributed by atoms with Crippen LogP contribution in [0, 0.1) is 0 Å².